The Hall–Kier alpha value is -3.46. The van der Waals surface area contributed by atoms with Gasteiger partial charge in [-0.05, 0) is 18.6 Å². The summed E-state index contributed by atoms with van der Waals surface area (Å²) in [5.74, 6) is -0.345. The van der Waals surface area contributed by atoms with E-state index in [-0.39, 0.29) is 12.5 Å². The van der Waals surface area contributed by atoms with Gasteiger partial charge >= 0.3 is 5.97 Å². The highest BCUT2D eigenvalue weighted by atomic mass is 16.5. The fourth-order valence-corrected chi connectivity index (χ4v) is 2.70. The first-order chi connectivity index (χ1) is 13.2. The minimum absolute atomic E-state index is 0.0150. The summed E-state index contributed by atoms with van der Waals surface area (Å²) < 4.78 is 6.81. The van der Waals surface area contributed by atoms with Crippen molar-refractivity contribution >= 4 is 5.97 Å². The summed E-state index contributed by atoms with van der Waals surface area (Å²) in [6, 6.07) is 18.9. The van der Waals surface area contributed by atoms with Gasteiger partial charge in [0, 0.05) is 11.1 Å². The number of benzene rings is 2. The van der Waals surface area contributed by atoms with Gasteiger partial charge in [-0.15, -0.1) is 5.10 Å². The number of unbranched alkanes of at least 4 members (excludes halogenated alkanes) is 1. The molecule has 2 aromatic carbocycles. The zero-order chi connectivity index (χ0) is 19.1. The highest BCUT2D eigenvalue weighted by Crippen LogP contribution is 2.30. The van der Waals surface area contributed by atoms with Crippen LogP contribution in [0.1, 0.15) is 25.3 Å². The van der Waals surface area contributed by atoms with Crippen LogP contribution in [0.25, 0.3) is 22.5 Å². The van der Waals surface area contributed by atoms with Crippen LogP contribution in [0.15, 0.2) is 54.6 Å². The molecule has 27 heavy (non-hydrogen) atoms. The van der Waals surface area contributed by atoms with Crippen LogP contribution in [0.2, 0.25) is 0 Å². The number of carbonyl (C=O) groups excluding carboxylic acids is 1. The molecule has 0 fully saturated rings. The molecule has 0 bridgehead atoms. The number of ether oxygens (including phenoxy) is 1. The Morgan fingerprint density at radius 1 is 1.11 bits per heavy atom. The second-order valence-electron chi connectivity index (χ2n) is 6.07. The van der Waals surface area contributed by atoms with E-state index in [0.29, 0.717) is 17.9 Å². The SMILES string of the molecule is CCCCOC(=O)Cn1nnc(-c2ccccc2)c1-c1ccc(C#N)cc1. The Bertz CT molecular complexity index is 941. The normalized spacial score (nSPS) is 10.4. The summed E-state index contributed by atoms with van der Waals surface area (Å²) in [4.78, 5) is 12.2. The largest absolute Gasteiger partial charge is 0.464 e. The Kier molecular flexibility index (Phi) is 5.95. The average Bonchev–Trinajstić information content (AvgIpc) is 3.12. The summed E-state index contributed by atoms with van der Waals surface area (Å²) >= 11 is 0. The molecule has 1 aromatic heterocycles. The minimum atomic E-state index is -0.345. The highest BCUT2D eigenvalue weighted by Gasteiger charge is 2.19. The van der Waals surface area contributed by atoms with Crippen LogP contribution in [0.4, 0.5) is 0 Å². The minimum Gasteiger partial charge on any atom is -0.464 e. The van der Waals surface area contributed by atoms with Gasteiger partial charge in [0.15, 0.2) is 0 Å². The van der Waals surface area contributed by atoms with Crippen LogP contribution in [-0.4, -0.2) is 27.6 Å². The smallest absolute Gasteiger partial charge is 0.327 e. The molecule has 0 saturated heterocycles. The molecular weight excluding hydrogens is 340 g/mol. The number of nitrogens with zero attached hydrogens (tertiary/aromatic N) is 4. The van der Waals surface area contributed by atoms with E-state index in [0.717, 1.165) is 29.7 Å². The molecule has 0 amide bonds. The van der Waals surface area contributed by atoms with Crippen molar-refractivity contribution in [3.63, 3.8) is 0 Å². The van der Waals surface area contributed by atoms with Gasteiger partial charge in [-0.25, -0.2) is 4.68 Å². The zero-order valence-electron chi connectivity index (χ0n) is 15.1. The summed E-state index contributed by atoms with van der Waals surface area (Å²) in [6.07, 6.45) is 1.80. The second kappa shape index (κ2) is 8.77. The third-order valence-corrected chi connectivity index (χ3v) is 4.11. The van der Waals surface area contributed by atoms with E-state index in [2.05, 4.69) is 16.4 Å². The molecule has 0 aliphatic carbocycles. The van der Waals surface area contributed by atoms with Crippen LogP contribution in [-0.2, 0) is 16.1 Å². The molecule has 136 valence electrons. The molecule has 6 nitrogen and oxygen atoms in total. The Labute approximate surface area is 158 Å². The Morgan fingerprint density at radius 3 is 2.52 bits per heavy atom. The zero-order valence-corrected chi connectivity index (χ0v) is 15.1. The molecule has 6 heteroatoms. The first kappa shape index (κ1) is 18.3. The quantitative estimate of drug-likeness (QED) is 0.472. The summed E-state index contributed by atoms with van der Waals surface area (Å²) in [7, 11) is 0. The van der Waals surface area contributed by atoms with Gasteiger partial charge in [0.05, 0.1) is 23.9 Å². The maximum absolute atomic E-state index is 12.2. The van der Waals surface area contributed by atoms with Crippen LogP contribution in [0, 0.1) is 11.3 Å². The summed E-state index contributed by atoms with van der Waals surface area (Å²) in [6.45, 7) is 2.43. The topological polar surface area (TPSA) is 80.8 Å². The number of hydrogen-bond donors (Lipinski definition) is 0. The van der Waals surface area contributed by atoms with E-state index in [1.165, 1.54) is 0 Å². The predicted octanol–water partition coefficient (Wildman–Crippen LogP) is 3.83. The van der Waals surface area contributed by atoms with Crippen molar-refractivity contribution in [1.82, 2.24) is 15.0 Å². The van der Waals surface area contributed by atoms with Crippen molar-refractivity contribution in [1.29, 1.82) is 5.26 Å². The van der Waals surface area contributed by atoms with E-state index in [9.17, 15) is 4.79 Å². The van der Waals surface area contributed by atoms with Crippen LogP contribution in [0.5, 0.6) is 0 Å². The molecule has 3 rings (SSSR count). The molecule has 0 atom stereocenters. The third-order valence-electron chi connectivity index (χ3n) is 4.11. The van der Waals surface area contributed by atoms with Crippen molar-refractivity contribution in [3.05, 3.63) is 60.2 Å². The molecule has 0 spiro atoms. The summed E-state index contributed by atoms with van der Waals surface area (Å²) in [5, 5.41) is 17.5. The van der Waals surface area contributed by atoms with Crippen molar-refractivity contribution < 1.29 is 9.53 Å². The lowest BCUT2D eigenvalue weighted by atomic mass is 10.0. The number of hydrogen-bond acceptors (Lipinski definition) is 5. The van der Waals surface area contributed by atoms with E-state index in [1.54, 1.807) is 16.8 Å². The van der Waals surface area contributed by atoms with E-state index >= 15 is 0 Å². The predicted molar refractivity (Wildman–Crippen MR) is 101 cm³/mol. The van der Waals surface area contributed by atoms with Crippen LogP contribution < -0.4 is 0 Å². The van der Waals surface area contributed by atoms with Gasteiger partial charge in [0.1, 0.15) is 12.2 Å². The van der Waals surface area contributed by atoms with Crippen LogP contribution in [0.3, 0.4) is 0 Å². The van der Waals surface area contributed by atoms with Gasteiger partial charge in [0.2, 0.25) is 0 Å². The van der Waals surface area contributed by atoms with Gasteiger partial charge in [-0.2, -0.15) is 5.26 Å². The van der Waals surface area contributed by atoms with E-state index < -0.39 is 0 Å². The molecule has 0 N–H and O–H groups in total. The molecule has 3 aromatic rings. The van der Waals surface area contributed by atoms with E-state index in [1.807, 2.05) is 49.4 Å². The van der Waals surface area contributed by atoms with Crippen molar-refractivity contribution in [2.45, 2.75) is 26.3 Å². The maximum Gasteiger partial charge on any atom is 0.327 e. The number of nitriles is 1. The lowest BCUT2D eigenvalue weighted by Crippen LogP contribution is -2.16. The van der Waals surface area contributed by atoms with Gasteiger partial charge in [-0.1, -0.05) is 61.0 Å². The molecule has 1 heterocycles. The van der Waals surface area contributed by atoms with E-state index in [4.69, 9.17) is 10.00 Å². The lowest BCUT2D eigenvalue weighted by molar-refractivity contribution is -0.144. The van der Waals surface area contributed by atoms with Crippen molar-refractivity contribution in [3.8, 4) is 28.6 Å². The maximum atomic E-state index is 12.2. The molecule has 0 aliphatic heterocycles. The standard InChI is InChI=1S/C21H20N4O2/c1-2-3-13-27-19(26)15-25-21(18-11-9-16(14-22)10-12-18)20(23-24-25)17-7-5-4-6-8-17/h4-12H,2-3,13,15H2,1H3. The summed E-state index contributed by atoms with van der Waals surface area (Å²) in [5.41, 5.74) is 3.71. The van der Waals surface area contributed by atoms with Crippen molar-refractivity contribution in [2.24, 2.45) is 0 Å². The monoisotopic (exact) mass is 360 g/mol. The second-order valence-corrected chi connectivity index (χ2v) is 6.07. The average molecular weight is 360 g/mol. The fraction of sp³-hybridized carbons (Fsp3) is 0.238. The van der Waals surface area contributed by atoms with Gasteiger partial charge in [0.25, 0.3) is 0 Å². The molecule has 0 unspecified atom stereocenters. The van der Waals surface area contributed by atoms with Gasteiger partial charge in [-0.3, -0.25) is 4.79 Å². The van der Waals surface area contributed by atoms with Crippen LogP contribution >= 0.6 is 0 Å². The fourth-order valence-electron chi connectivity index (χ4n) is 2.70. The molecule has 0 aliphatic rings. The number of esters is 1. The third kappa shape index (κ3) is 4.39. The van der Waals surface area contributed by atoms with Crippen molar-refractivity contribution in [2.75, 3.05) is 6.61 Å². The highest BCUT2D eigenvalue weighted by molar-refractivity contribution is 5.79. The Balaban J connectivity index is 1.97. The molecule has 0 radical (unpaired) electrons. The first-order valence-electron chi connectivity index (χ1n) is 8.88. The van der Waals surface area contributed by atoms with Gasteiger partial charge < -0.3 is 4.74 Å². The lowest BCUT2D eigenvalue weighted by Gasteiger charge is -2.09. The number of carbonyl (C=O) groups is 1. The molecule has 0 saturated carbocycles. The number of rotatable bonds is 7. The first-order valence-corrected chi connectivity index (χ1v) is 8.88. The Morgan fingerprint density at radius 2 is 1.85 bits per heavy atom. The molecular formula is C21H20N4O2. The number of aromatic nitrogens is 3.